The minimum atomic E-state index is 0.697. The van der Waals surface area contributed by atoms with Crippen LogP contribution in [0.1, 0.15) is 25.5 Å². The van der Waals surface area contributed by atoms with Crippen LogP contribution < -0.4 is 4.90 Å². The number of rotatable bonds is 2. The van der Waals surface area contributed by atoms with Crippen LogP contribution in [0.15, 0.2) is 6.07 Å². The first-order valence-corrected chi connectivity index (χ1v) is 5.55. The van der Waals surface area contributed by atoms with Crippen LogP contribution in [-0.2, 0) is 6.42 Å². The number of anilines is 1. The normalized spacial score (nSPS) is 16.2. The van der Waals surface area contributed by atoms with Crippen LogP contribution in [0.2, 0.25) is 0 Å². The fraction of sp³-hybridized carbons (Fsp3) is 0.600. The fourth-order valence-electron chi connectivity index (χ4n) is 1.76. The number of aryl methyl sites for hydroxylation is 1. The third-order valence-electron chi connectivity index (χ3n) is 2.57. The summed E-state index contributed by atoms with van der Waals surface area (Å²) in [6.45, 7) is 4.32. The number of aromatic amines is 1. The Morgan fingerprint density at radius 1 is 1.50 bits per heavy atom. The third-order valence-corrected chi connectivity index (χ3v) is 2.78. The molecule has 1 aliphatic heterocycles. The Hall–Kier alpha value is -0.900. The molecule has 1 N–H and O–H groups in total. The smallest absolute Gasteiger partial charge is 0.204 e. The molecule has 0 spiro atoms. The molecule has 0 aromatic carbocycles. The molecule has 0 saturated carbocycles. The molecule has 0 unspecified atom stereocenters. The zero-order chi connectivity index (χ0) is 9.97. The van der Waals surface area contributed by atoms with Gasteiger partial charge in [0.15, 0.2) is 0 Å². The van der Waals surface area contributed by atoms with Gasteiger partial charge in [0, 0.05) is 18.8 Å². The minimum absolute atomic E-state index is 0.697. The van der Waals surface area contributed by atoms with Crippen LogP contribution in [-0.4, -0.2) is 23.1 Å². The van der Waals surface area contributed by atoms with Gasteiger partial charge in [0.2, 0.25) is 5.95 Å². The van der Waals surface area contributed by atoms with E-state index in [1.54, 1.807) is 0 Å². The number of hydrogen-bond acceptors (Lipinski definition) is 3. The summed E-state index contributed by atoms with van der Waals surface area (Å²) in [6.07, 6.45) is 3.50. The van der Waals surface area contributed by atoms with Gasteiger partial charge in [-0.25, -0.2) is 4.98 Å². The molecule has 1 aliphatic rings. The number of H-pyrrole nitrogens is 1. The van der Waals surface area contributed by atoms with Crippen LogP contribution in [0.5, 0.6) is 0 Å². The molecule has 3 nitrogen and oxygen atoms in total. The SMILES string of the molecule is CCc1cc(=S)nc(N2CCCC2)[nH]1. The lowest BCUT2D eigenvalue weighted by Crippen LogP contribution is -2.20. The Kier molecular flexibility index (Phi) is 2.82. The number of nitrogens with zero attached hydrogens (tertiary/aromatic N) is 2. The molecule has 0 atom stereocenters. The van der Waals surface area contributed by atoms with Crippen molar-refractivity contribution in [3.63, 3.8) is 0 Å². The van der Waals surface area contributed by atoms with Crippen LogP contribution in [0.4, 0.5) is 5.95 Å². The van der Waals surface area contributed by atoms with Crippen LogP contribution in [0.3, 0.4) is 0 Å². The first-order valence-electron chi connectivity index (χ1n) is 5.15. The Labute approximate surface area is 89.2 Å². The lowest BCUT2D eigenvalue weighted by Gasteiger charge is -2.16. The van der Waals surface area contributed by atoms with Gasteiger partial charge in [-0.2, -0.15) is 0 Å². The van der Waals surface area contributed by atoms with E-state index in [2.05, 4.69) is 21.8 Å². The zero-order valence-corrected chi connectivity index (χ0v) is 9.23. The maximum Gasteiger partial charge on any atom is 0.204 e. The van der Waals surface area contributed by atoms with Gasteiger partial charge in [-0.3, -0.25) is 0 Å². The molecule has 1 fully saturated rings. The molecule has 0 bridgehead atoms. The van der Waals surface area contributed by atoms with E-state index in [4.69, 9.17) is 12.2 Å². The summed E-state index contributed by atoms with van der Waals surface area (Å²) in [4.78, 5) is 9.95. The Morgan fingerprint density at radius 2 is 2.21 bits per heavy atom. The molecule has 1 saturated heterocycles. The molecule has 2 rings (SSSR count). The first kappa shape index (κ1) is 9.65. The van der Waals surface area contributed by atoms with Gasteiger partial charge in [0.05, 0.1) is 0 Å². The summed E-state index contributed by atoms with van der Waals surface area (Å²) in [6, 6.07) is 1.94. The highest BCUT2D eigenvalue weighted by molar-refractivity contribution is 7.71. The number of nitrogens with one attached hydrogen (secondary N) is 1. The van der Waals surface area contributed by atoms with Crippen molar-refractivity contribution in [2.75, 3.05) is 18.0 Å². The maximum absolute atomic E-state index is 5.13. The van der Waals surface area contributed by atoms with Crippen LogP contribution in [0, 0.1) is 4.64 Å². The predicted octanol–water partition coefficient (Wildman–Crippen LogP) is 2.30. The summed E-state index contributed by atoms with van der Waals surface area (Å²) in [5.41, 5.74) is 1.17. The fourth-order valence-corrected chi connectivity index (χ4v) is 1.99. The molecule has 0 aliphatic carbocycles. The van der Waals surface area contributed by atoms with Crippen molar-refractivity contribution in [3.8, 4) is 0 Å². The highest BCUT2D eigenvalue weighted by atomic mass is 32.1. The second-order valence-electron chi connectivity index (χ2n) is 3.62. The Bertz CT molecular complexity index is 366. The average molecular weight is 209 g/mol. The number of aromatic nitrogens is 2. The highest BCUT2D eigenvalue weighted by Crippen LogP contribution is 2.15. The Morgan fingerprint density at radius 3 is 2.86 bits per heavy atom. The van der Waals surface area contributed by atoms with Crippen LogP contribution >= 0.6 is 12.2 Å². The first-order chi connectivity index (χ1) is 6.79. The molecular weight excluding hydrogens is 194 g/mol. The van der Waals surface area contributed by atoms with Crippen molar-refractivity contribution in [2.45, 2.75) is 26.2 Å². The van der Waals surface area contributed by atoms with E-state index in [0.717, 1.165) is 25.5 Å². The third kappa shape index (κ3) is 1.95. The second kappa shape index (κ2) is 4.09. The standard InChI is InChI=1S/C10H15N3S/c1-2-8-7-9(14)12-10(11-8)13-5-3-4-6-13/h7H,2-6H2,1H3,(H,11,12,14). The van der Waals surface area contributed by atoms with Gasteiger partial charge in [-0.05, 0) is 25.3 Å². The molecule has 1 aromatic heterocycles. The predicted molar refractivity (Wildman–Crippen MR) is 60.2 cm³/mol. The molecule has 0 radical (unpaired) electrons. The minimum Gasteiger partial charge on any atom is -0.342 e. The summed E-state index contributed by atoms with van der Waals surface area (Å²) in [5, 5.41) is 0. The molecule has 14 heavy (non-hydrogen) atoms. The lowest BCUT2D eigenvalue weighted by atomic mass is 10.3. The maximum atomic E-state index is 5.13. The van der Waals surface area contributed by atoms with E-state index in [0.29, 0.717) is 4.64 Å². The largest absolute Gasteiger partial charge is 0.342 e. The van der Waals surface area contributed by atoms with Crippen molar-refractivity contribution in [3.05, 3.63) is 16.4 Å². The van der Waals surface area contributed by atoms with Gasteiger partial charge in [0.1, 0.15) is 4.64 Å². The average Bonchev–Trinajstić information content (AvgIpc) is 2.69. The van der Waals surface area contributed by atoms with Crippen molar-refractivity contribution in [1.82, 2.24) is 9.97 Å². The summed E-state index contributed by atoms with van der Waals surface area (Å²) in [7, 11) is 0. The van der Waals surface area contributed by atoms with Crippen molar-refractivity contribution in [1.29, 1.82) is 0 Å². The molecule has 2 heterocycles. The van der Waals surface area contributed by atoms with E-state index < -0.39 is 0 Å². The van der Waals surface area contributed by atoms with E-state index in [1.807, 2.05) is 6.07 Å². The van der Waals surface area contributed by atoms with E-state index in [-0.39, 0.29) is 0 Å². The summed E-state index contributed by atoms with van der Waals surface area (Å²) < 4.78 is 0.697. The highest BCUT2D eigenvalue weighted by Gasteiger charge is 2.14. The molecule has 0 amide bonds. The summed E-state index contributed by atoms with van der Waals surface area (Å²) in [5.74, 6) is 0.951. The monoisotopic (exact) mass is 209 g/mol. The van der Waals surface area contributed by atoms with E-state index >= 15 is 0 Å². The van der Waals surface area contributed by atoms with E-state index in [1.165, 1.54) is 18.5 Å². The van der Waals surface area contributed by atoms with E-state index in [9.17, 15) is 0 Å². The topological polar surface area (TPSA) is 31.9 Å². The van der Waals surface area contributed by atoms with Gasteiger partial charge in [0.25, 0.3) is 0 Å². The summed E-state index contributed by atoms with van der Waals surface area (Å²) >= 11 is 5.13. The van der Waals surface area contributed by atoms with Gasteiger partial charge >= 0.3 is 0 Å². The van der Waals surface area contributed by atoms with Gasteiger partial charge in [-0.15, -0.1) is 0 Å². The molecule has 76 valence electrons. The Balaban J connectivity index is 2.32. The molecular formula is C10H15N3S. The van der Waals surface area contributed by atoms with Crippen molar-refractivity contribution < 1.29 is 0 Å². The van der Waals surface area contributed by atoms with Gasteiger partial charge < -0.3 is 9.88 Å². The van der Waals surface area contributed by atoms with Gasteiger partial charge in [-0.1, -0.05) is 19.1 Å². The quantitative estimate of drug-likeness (QED) is 0.758. The van der Waals surface area contributed by atoms with Crippen LogP contribution in [0.25, 0.3) is 0 Å². The lowest BCUT2D eigenvalue weighted by molar-refractivity contribution is 0.871. The number of hydrogen-bond donors (Lipinski definition) is 1. The second-order valence-corrected chi connectivity index (χ2v) is 4.03. The molecule has 4 heteroatoms. The zero-order valence-electron chi connectivity index (χ0n) is 8.42. The molecule has 1 aromatic rings. The van der Waals surface area contributed by atoms with Crippen molar-refractivity contribution >= 4 is 18.2 Å². The van der Waals surface area contributed by atoms with Crippen molar-refractivity contribution in [2.24, 2.45) is 0 Å².